The molecule has 0 radical (unpaired) electrons. The highest BCUT2D eigenvalue weighted by Gasteiger charge is 2.11. The van der Waals surface area contributed by atoms with Crippen LogP contribution < -0.4 is 5.32 Å². The first-order chi connectivity index (χ1) is 11.5. The quantitative estimate of drug-likeness (QED) is 0.458. The van der Waals surface area contributed by atoms with Crippen molar-refractivity contribution in [2.75, 3.05) is 5.32 Å². The Labute approximate surface area is 150 Å². The van der Waals surface area contributed by atoms with Crippen LogP contribution in [-0.4, -0.2) is 5.91 Å². The molecule has 0 spiro atoms. The lowest BCUT2D eigenvalue weighted by atomic mass is 10.1. The number of aryl methyl sites for hydroxylation is 1. The van der Waals surface area contributed by atoms with Crippen molar-refractivity contribution in [2.45, 2.75) is 6.92 Å². The Kier molecular flexibility index (Phi) is 6.20. The topological polar surface area (TPSA) is 52.9 Å². The molecule has 0 aliphatic carbocycles. The summed E-state index contributed by atoms with van der Waals surface area (Å²) in [6, 6.07) is 16.4. The summed E-state index contributed by atoms with van der Waals surface area (Å²) in [6.07, 6.45) is 3.01. The zero-order valence-corrected chi connectivity index (χ0v) is 14.4. The van der Waals surface area contributed by atoms with E-state index >= 15 is 0 Å². The van der Waals surface area contributed by atoms with Gasteiger partial charge in [0.15, 0.2) is 0 Å². The zero-order valence-electron chi connectivity index (χ0n) is 12.9. The molecule has 5 heteroatoms. The molecule has 24 heavy (non-hydrogen) atoms. The molecule has 0 unspecified atom stereocenters. The number of benzene rings is 2. The first kappa shape index (κ1) is 17.8. The summed E-state index contributed by atoms with van der Waals surface area (Å²) in [5.41, 5.74) is 2.18. The lowest BCUT2D eigenvalue weighted by molar-refractivity contribution is -0.112. The number of hydrogen-bond donors (Lipinski definition) is 1. The summed E-state index contributed by atoms with van der Waals surface area (Å²) in [7, 11) is 0. The summed E-state index contributed by atoms with van der Waals surface area (Å²) in [5, 5.41) is 12.7. The highest BCUT2D eigenvalue weighted by atomic mass is 35.5. The average molecular weight is 357 g/mol. The number of nitrogens with zero attached hydrogens (tertiary/aromatic N) is 1. The molecule has 1 amide bonds. The number of nitriles is 1. The Balaban J connectivity index is 2.21. The predicted octanol–water partition coefficient (Wildman–Crippen LogP) is 5.32. The third-order valence-electron chi connectivity index (χ3n) is 3.20. The minimum atomic E-state index is -0.539. The van der Waals surface area contributed by atoms with Crippen molar-refractivity contribution in [2.24, 2.45) is 0 Å². The Morgan fingerprint density at radius 2 is 1.92 bits per heavy atom. The summed E-state index contributed by atoms with van der Waals surface area (Å²) >= 11 is 12.1. The van der Waals surface area contributed by atoms with Crippen molar-refractivity contribution >= 4 is 40.9 Å². The number of nitrogens with one attached hydrogen (secondary N) is 1. The fraction of sp³-hybridized carbons (Fsp3) is 0.0526. The van der Waals surface area contributed by atoms with Crippen LogP contribution in [0, 0.1) is 18.3 Å². The Morgan fingerprint density at radius 1 is 1.21 bits per heavy atom. The zero-order chi connectivity index (χ0) is 17.5. The van der Waals surface area contributed by atoms with Crippen LogP contribution in [0.3, 0.4) is 0 Å². The van der Waals surface area contributed by atoms with E-state index in [9.17, 15) is 10.1 Å². The van der Waals surface area contributed by atoms with Crippen molar-refractivity contribution < 1.29 is 4.79 Å². The number of allylic oxidation sites excluding steroid dienone is 2. The maximum atomic E-state index is 12.3. The molecule has 3 nitrogen and oxygen atoms in total. The fourth-order valence-electron chi connectivity index (χ4n) is 1.96. The van der Waals surface area contributed by atoms with Gasteiger partial charge in [-0.05, 0) is 42.3 Å². The van der Waals surface area contributed by atoms with E-state index in [4.69, 9.17) is 23.2 Å². The van der Waals surface area contributed by atoms with Crippen LogP contribution in [0.2, 0.25) is 5.02 Å². The molecular weight excluding hydrogens is 343 g/mol. The van der Waals surface area contributed by atoms with Crippen LogP contribution in [0.25, 0.3) is 6.08 Å². The molecule has 2 rings (SSSR count). The van der Waals surface area contributed by atoms with Crippen LogP contribution in [0.4, 0.5) is 5.69 Å². The second-order valence-electron chi connectivity index (χ2n) is 5.02. The molecule has 0 saturated carbocycles. The van der Waals surface area contributed by atoms with Gasteiger partial charge in [0.2, 0.25) is 0 Å². The monoisotopic (exact) mass is 356 g/mol. The third-order valence-corrected chi connectivity index (χ3v) is 3.65. The molecule has 0 aliphatic heterocycles. The number of hydrogen-bond acceptors (Lipinski definition) is 2. The van der Waals surface area contributed by atoms with Crippen molar-refractivity contribution in [1.82, 2.24) is 0 Å². The standard InChI is InChI=1S/C19H14Cl2N2O/c1-13-7-8-16(20)11-18(13)23-19(24)15(12-22)10-17(21)9-14-5-3-2-4-6-14/h2-11H,1H3,(H,23,24)/b15-10+,17-9-. The number of halogens is 2. The molecule has 2 aromatic carbocycles. The lowest BCUT2D eigenvalue weighted by Crippen LogP contribution is -2.14. The van der Waals surface area contributed by atoms with Gasteiger partial charge in [-0.1, -0.05) is 59.6 Å². The molecule has 0 saturated heterocycles. The first-order valence-electron chi connectivity index (χ1n) is 7.11. The molecule has 0 bridgehead atoms. The van der Waals surface area contributed by atoms with E-state index in [-0.39, 0.29) is 10.6 Å². The van der Waals surface area contributed by atoms with Gasteiger partial charge >= 0.3 is 0 Å². The summed E-state index contributed by atoms with van der Waals surface area (Å²) < 4.78 is 0. The van der Waals surface area contributed by atoms with Crippen LogP contribution in [0.15, 0.2) is 65.2 Å². The smallest absolute Gasteiger partial charge is 0.266 e. The third kappa shape index (κ3) is 4.99. The van der Waals surface area contributed by atoms with Crippen LogP contribution in [0.5, 0.6) is 0 Å². The largest absolute Gasteiger partial charge is 0.321 e. The van der Waals surface area contributed by atoms with Gasteiger partial charge in [0.1, 0.15) is 11.6 Å². The summed E-state index contributed by atoms with van der Waals surface area (Å²) in [4.78, 5) is 12.3. The molecule has 2 aromatic rings. The first-order valence-corrected chi connectivity index (χ1v) is 7.87. The number of amides is 1. The Bertz CT molecular complexity index is 849. The van der Waals surface area contributed by atoms with Crippen molar-refractivity contribution in [1.29, 1.82) is 5.26 Å². The average Bonchev–Trinajstić information content (AvgIpc) is 2.56. The predicted molar refractivity (Wildman–Crippen MR) is 98.8 cm³/mol. The van der Waals surface area contributed by atoms with E-state index in [1.165, 1.54) is 6.08 Å². The maximum Gasteiger partial charge on any atom is 0.266 e. The van der Waals surface area contributed by atoms with E-state index in [0.717, 1.165) is 11.1 Å². The molecule has 0 aromatic heterocycles. The molecule has 1 N–H and O–H groups in total. The van der Waals surface area contributed by atoms with Gasteiger partial charge in [0.05, 0.1) is 0 Å². The fourth-order valence-corrected chi connectivity index (χ4v) is 2.36. The van der Waals surface area contributed by atoms with Gasteiger partial charge in [-0.25, -0.2) is 0 Å². The second kappa shape index (κ2) is 8.35. The molecular formula is C19H14Cl2N2O. The van der Waals surface area contributed by atoms with E-state index in [0.29, 0.717) is 10.7 Å². The minimum Gasteiger partial charge on any atom is -0.321 e. The van der Waals surface area contributed by atoms with Gasteiger partial charge in [-0.3, -0.25) is 4.79 Å². The van der Waals surface area contributed by atoms with Crippen molar-refractivity contribution in [3.05, 3.63) is 81.4 Å². The normalized spacial score (nSPS) is 11.8. The van der Waals surface area contributed by atoms with Crippen LogP contribution >= 0.6 is 23.2 Å². The Hall–Kier alpha value is -2.54. The second-order valence-corrected chi connectivity index (χ2v) is 5.90. The highest BCUT2D eigenvalue weighted by Crippen LogP contribution is 2.21. The van der Waals surface area contributed by atoms with Crippen molar-refractivity contribution in [3.63, 3.8) is 0 Å². The minimum absolute atomic E-state index is 0.0912. The van der Waals surface area contributed by atoms with Crippen LogP contribution in [-0.2, 0) is 4.79 Å². The van der Waals surface area contributed by atoms with E-state index in [1.807, 2.05) is 43.3 Å². The van der Waals surface area contributed by atoms with Gasteiger partial charge in [0, 0.05) is 15.7 Å². The molecule has 0 aliphatic rings. The number of carbonyl (C=O) groups excluding carboxylic acids is 1. The maximum absolute atomic E-state index is 12.3. The molecule has 0 fully saturated rings. The van der Waals surface area contributed by atoms with E-state index in [2.05, 4.69) is 5.32 Å². The van der Waals surface area contributed by atoms with Gasteiger partial charge in [-0.2, -0.15) is 5.26 Å². The highest BCUT2D eigenvalue weighted by molar-refractivity contribution is 6.33. The van der Waals surface area contributed by atoms with E-state index < -0.39 is 5.91 Å². The SMILES string of the molecule is Cc1ccc(Cl)cc1NC(=O)/C(C#N)=C/C(Cl)=C/c1ccccc1. The lowest BCUT2D eigenvalue weighted by Gasteiger charge is -2.08. The van der Waals surface area contributed by atoms with Crippen molar-refractivity contribution in [3.8, 4) is 6.07 Å². The summed E-state index contributed by atoms with van der Waals surface area (Å²) in [6.45, 7) is 1.84. The Morgan fingerprint density at radius 3 is 2.58 bits per heavy atom. The van der Waals surface area contributed by atoms with Crippen LogP contribution in [0.1, 0.15) is 11.1 Å². The number of anilines is 1. The van der Waals surface area contributed by atoms with E-state index in [1.54, 1.807) is 24.3 Å². The summed E-state index contributed by atoms with van der Waals surface area (Å²) in [5.74, 6) is -0.539. The van der Waals surface area contributed by atoms with Gasteiger partial charge in [0.25, 0.3) is 5.91 Å². The van der Waals surface area contributed by atoms with Gasteiger partial charge < -0.3 is 5.32 Å². The van der Waals surface area contributed by atoms with Gasteiger partial charge in [-0.15, -0.1) is 0 Å². The number of carbonyl (C=O) groups is 1. The number of rotatable bonds is 4. The molecule has 120 valence electrons. The molecule has 0 heterocycles. The molecule has 0 atom stereocenters.